The van der Waals surface area contributed by atoms with E-state index in [0.717, 1.165) is 5.56 Å². The highest BCUT2D eigenvalue weighted by molar-refractivity contribution is 5.97. The number of hydrazone groups is 1. The van der Waals surface area contributed by atoms with Crippen LogP contribution in [0.15, 0.2) is 65.8 Å². The van der Waals surface area contributed by atoms with Crippen molar-refractivity contribution in [2.45, 2.75) is 13.5 Å². The highest BCUT2D eigenvalue weighted by Crippen LogP contribution is 2.32. The molecule has 0 unspecified atom stereocenters. The normalized spacial score (nSPS) is 11.6. The summed E-state index contributed by atoms with van der Waals surface area (Å²) in [5.74, 6) is 1.15. The second-order valence-electron chi connectivity index (χ2n) is 7.74. The van der Waals surface area contributed by atoms with Crippen LogP contribution >= 0.6 is 0 Å². The Kier molecular flexibility index (Phi) is 8.18. The van der Waals surface area contributed by atoms with Gasteiger partial charge in [0.1, 0.15) is 6.61 Å². The van der Waals surface area contributed by atoms with Crippen LogP contribution in [0.3, 0.4) is 0 Å². The van der Waals surface area contributed by atoms with Crippen molar-refractivity contribution in [3.05, 3.63) is 82.9 Å². The number of rotatable bonds is 10. The van der Waals surface area contributed by atoms with Crippen LogP contribution in [-0.2, 0) is 11.4 Å². The molecule has 0 saturated heterocycles. The van der Waals surface area contributed by atoms with Crippen LogP contribution in [-0.4, -0.2) is 38.0 Å². The number of fused-ring (bicyclic) bond motifs is 1. The van der Waals surface area contributed by atoms with Crippen LogP contribution in [0.2, 0.25) is 0 Å². The van der Waals surface area contributed by atoms with E-state index in [2.05, 4.69) is 21.9 Å². The van der Waals surface area contributed by atoms with E-state index in [0.29, 0.717) is 46.3 Å². The largest absolute Gasteiger partial charge is 0.490 e. The zero-order valence-corrected chi connectivity index (χ0v) is 20.0. The lowest BCUT2D eigenvalue weighted by molar-refractivity contribution is -0.120. The number of benzene rings is 3. The molecule has 0 aliphatic carbocycles. The van der Waals surface area contributed by atoms with Gasteiger partial charge in [0.15, 0.2) is 23.0 Å². The van der Waals surface area contributed by atoms with E-state index in [9.17, 15) is 14.9 Å². The minimum atomic E-state index is -0.494. The van der Waals surface area contributed by atoms with Crippen molar-refractivity contribution < 1.29 is 28.5 Å². The molecular formula is C27H24N4O6. The summed E-state index contributed by atoms with van der Waals surface area (Å²) in [5.41, 5.74) is 4.71. The number of carbonyl (C=O) groups excluding carboxylic acids is 2. The molecule has 10 nitrogen and oxygen atoms in total. The Balaban J connectivity index is 1.30. The molecule has 1 aliphatic rings. The fraction of sp³-hybridized carbons (Fsp3) is 0.185. The summed E-state index contributed by atoms with van der Waals surface area (Å²) >= 11 is 0. The second-order valence-corrected chi connectivity index (χ2v) is 7.74. The van der Waals surface area contributed by atoms with E-state index in [1.165, 1.54) is 6.21 Å². The Morgan fingerprint density at radius 3 is 2.73 bits per heavy atom. The number of nitriles is 1. The van der Waals surface area contributed by atoms with Gasteiger partial charge in [-0.2, -0.15) is 10.4 Å². The first-order valence-electron chi connectivity index (χ1n) is 11.4. The summed E-state index contributed by atoms with van der Waals surface area (Å²) in [7, 11) is 0. The van der Waals surface area contributed by atoms with Crippen LogP contribution in [0.25, 0.3) is 0 Å². The summed E-state index contributed by atoms with van der Waals surface area (Å²) < 4.78 is 22.0. The lowest BCUT2D eigenvalue weighted by Gasteiger charge is -2.13. The standard InChI is InChI=1S/C27H24N4O6/c1-2-34-24-11-18(7-9-22(24)35-16-21-6-4-3-5-20(21)13-28)14-30-31-26(32)15-29-27(33)19-8-10-23-25(12-19)37-17-36-23/h3-12,14H,2,15-17H2,1H3,(H,29,33)(H,31,32). The molecule has 0 spiro atoms. The lowest BCUT2D eigenvalue weighted by Crippen LogP contribution is -2.34. The highest BCUT2D eigenvalue weighted by Gasteiger charge is 2.16. The minimum absolute atomic E-state index is 0.111. The highest BCUT2D eigenvalue weighted by atomic mass is 16.7. The smallest absolute Gasteiger partial charge is 0.259 e. The van der Waals surface area contributed by atoms with Crippen molar-refractivity contribution in [1.29, 1.82) is 5.26 Å². The van der Waals surface area contributed by atoms with E-state index in [1.807, 2.05) is 19.1 Å². The van der Waals surface area contributed by atoms with Crippen molar-refractivity contribution in [3.8, 4) is 29.1 Å². The van der Waals surface area contributed by atoms with Gasteiger partial charge in [-0.1, -0.05) is 18.2 Å². The van der Waals surface area contributed by atoms with Gasteiger partial charge in [-0.05, 0) is 55.0 Å². The summed E-state index contributed by atoms with van der Waals surface area (Å²) in [6, 6.07) is 19.4. The number of hydrogen-bond donors (Lipinski definition) is 2. The van der Waals surface area contributed by atoms with Crippen molar-refractivity contribution in [2.24, 2.45) is 5.10 Å². The van der Waals surface area contributed by atoms with Gasteiger partial charge in [-0.3, -0.25) is 9.59 Å². The molecule has 0 bridgehead atoms. The molecule has 3 aromatic carbocycles. The molecule has 0 fully saturated rings. The van der Waals surface area contributed by atoms with Crippen molar-refractivity contribution in [1.82, 2.24) is 10.7 Å². The average molecular weight is 501 g/mol. The van der Waals surface area contributed by atoms with Gasteiger partial charge in [0, 0.05) is 11.1 Å². The SMILES string of the molecule is CCOc1cc(C=NNC(=O)CNC(=O)c2ccc3c(c2)OCO3)ccc1OCc1ccccc1C#N. The monoisotopic (exact) mass is 500 g/mol. The number of amides is 2. The second kappa shape index (κ2) is 12.1. The van der Waals surface area contributed by atoms with Gasteiger partial charge < -0.3 is 24.3 Å². The summed E-state index contributed by atoms with van der Waals surface area (Å²) in [6.07, 6.45) is 1.45. The summed E-state index contributed by atoms with van der Waals surface area (Å²) in [5, 5.41) is 15.7. The maximum Gasteiger partial charge on any atom is 0.259 e. The molecule has 2 N–H and O–H groups in total. The maximum absolute atomic E-state index is 12.3. The summed E-state index contributed by atoms with van der Waals surface area (Å²) in [4.78, 5) is 24.4. The van der Waals surface area contributed by atoms with Gasteiger partial charge in [0.25, 0.3) is 11.8 Å². The Labute approximate surface area is 213 Å². The number of nitrogens with zero attached hydrogens (tertiary/aromatic N) is 2. The molecule has 0 saturated carbocycles. The van der Waals surface area contributed by atoms with Crippen LogP contribution < -0.4 is 29.7 Å². The van der Waals surface area contributed by atoms with E-state index >= 15 is 0 Å². The molecule has 10 heteroatoms. The molecule has 0 radical (unpaired) electrons. The van der Waals surface area contributed by atoms with Gasteiger partial charge in [-0.25, -0.2) is 5.43 Å². The molecule has 3 aromatic rings. The van der Waals surface area contributed by atoms with E-state index < -0.39 is 11.8 Å². The molecule has 0 atom stereocenters. The zero-order valence-electron chi connectivity index (χ0n) is 20.0. The molecule has 188 valence electrons. The average Bonchev–Trinajstić information content (AvgIpc) is 3.40. The van der Waals surface area contributed by atoms with Crippen LogP contribution in [0, 0.1) is 11.3 Å². The third-order valence-corrected chi connectivity index (χ3v) is 5.24. The zero-order chi connectivity index (χ0) is 26.0. The minimum Gasteiger partial charge on any atom is -0.490 e. The molecule has 37 heavy (non-hydrogen) atoms. The predicted molar refractivity (Wildman–Crippen MR) is 134 cm³/mol. The Morgan fingerprint density at radius 2 is 1.89 bits per heavy atom. The van der Waals surface area contributed by atoms with Crippen LogP contribution in [0.4, 0.5) is 0 Å². The first kappa shape index (κ1) is 25.1. The predicted octanol–water partition coefficient (Wildman–Crippen LogP) is 3.14. The Bertz CT molecular complexity index is 1370. The molecule has 2 amide bonds. The van der Waals surface area contributed by atoms with Crippen LogP contribution in [0.5, 0.6) is 23.0 Å². The van der Waals surface area contributed by atoms with Gasteiger partial charge in [0.2, 0.25) is 6.79 Å². The van der Waals surface area contributed by atoms with E-state index in [1.54, 1.807) is 48.5 Å². The fourth-order valence-electron chi connectivity index (χ4n) is 3.42. The first-order valence-corrected chi connectivity index (χ1v) is 11.4. The third kappa shape index (κ3) is 6.55. The van der Waals surface area contributed by atoms with Gasteiger partial charge in [-0.15, -0.1) is 0 Å². The van der Waals surface area contributed by atoms with Gasteiger partial charge >= 0.3 is 0 Å². The maximum atomic E-state index is 12.3. The number of carbonyl (C=O) groups is 2. The van der Waals surface area contributed by atoms with Crippen molar-refractivity contribution >= 4 is 18.0 Å². The summed E-state index contributed by atoms with van der Waals surface area (Å²) in [6.45, 7) is 2.34. The Morgan fingerprint density at radius 1 is 1.05 bits per heavy atom. The first-order chi connectivity index (χ1) is 18.1. The molecule has 0 aromatic heterocycles. The third-order valence-electron chi connectivity index (χ3n) is 5.24. The Hall–Kier alpha value is -5.04. The fourth-order valence-corrected chi connectivity index (χ4v) is 3.42. The number of hydrogen-bond acceptors (Lipinski definition) is 8. The van der Waals surface area contributed by atoms with E-state index in [4.69, 9.17) is 18.9 Å². The quantitative estimate of drug-likeness (QED) is 0.323. The van der Waals surface area contributed by atoms with E-state index in [-0.39, 0.29) is 19.9 Å². The molecule has 1 aliphatic heterocycles. The topological polar surface area (TPSA) is 131 Å². The number of nitrogens with one attached hydrogen (secondary N) is 2. The molecular weight excluding hydrogens is 476 g/mol. The lowest BCUT2D eigenvalue weighted by atomic mass is 10.1. The van der Waals surface area contributed by atoms with Gasteiger partial charge in [0.05, 0.1) is 31.0 Å². The molecule has 1 heterocycles. The van der Waals surface area contributed by atoms with Crippen LogP contribution in [0.1, 0.15) is 34.0 Å². The van der Waals surface area contributed by atoms with Crippen molar-refractivity contribution in [2.75, 3.05) is 19.9 Å². The number of ether oxygens (including phenoxy) is 4. The molecule has 4 rings (SSSR count). The van der Waals surface area contributed by atoms with Crippen molar-refractivity contribution in [3.63, 3.8) is 0 Å².